The van der Waals surface area contributed by atoms with Crippen molar-refractivity contribution in [3.05, 3.63) is 102 Å². The summed E-state index contributed by atoms with van der Waals surface area (Å²) in [5, 5.41) is 13.5. The number of nitrogens with zero attached hydrogens (tertiary/aromatic N) is 1. The van der Waals surface area contributed by atoms with Crippen molar-refractivity contribution in [1.29, 1.82) is 0 Å². The number of carboxylic acid groups (broad SMARTS) is 1. The number of ether oxygens (including phenoxy) is 1. The zero-order valence-corrected chi connectivity index (χ0v) is 20.7. The lowest BCUT2D eigenvalue weighted by molar-refractivity contribution is -0.142. The minimum absolute atomic E-state index is 0.0939. The number of H-pyrrole nitrogens is 1. The van der Waals surface area contributed by atoms with Crippen LogP contribution in [-0.2, 0) is 22.4 Å². The van der Waals surface area contributed by atoms with Gasteiger partial charge in [-0.3, -0.25) is 9.59 Å². The third-order valence-corrected chi connectivity index (χ3v) is 6.39. The van der Waals surface area contributed by atoms with Crippen LogP contribution in [0.4, 0.5) is 0 Å². The molecular formula is C29H29N3O5. The molecule has 4 aromatic rings. The van der Waals surface area contributed by atoms with Gasteiger partial charge in [0, 0.05) is 42.6 Å². The van der Waals surface area contributed by atoms with E-state index in [-0.39, 0.29) is 18.7 Å². The van der Waals surface area contributed by atoms with Crippen molar-refractivity contribution in [3.63, 3.8) is 0 Å². The minimum atomic E-state index is -1.18. The molecule has 2 amide bonds. The van der Waals surface area contributed by atoms with Crippen molar-refractivity contribution >= 4 is 28.7 Å². The highest BCUT2D eigenvalue weighted by Gasteiger charge is 2.31. The lowest BCUT2D eigenvalue weighted by atomic mass is 10.0. The third-order valence-electron chi connectivity index (χ3n) is 6.39. The average Bonchev–Trinajstić information content (AvgIpc) is 3.33. The summed E-state index contributed by atoms with van der Waals surface area (Å²) >= 11 is 0. The molecule has 3 N–H and O–H groups in total. The van der Waals surface area contributed by atoms with Crippen LogP contribution in [0.25, 0.3) is 10.9 Å². The number of hydrogen-bond donors (Lipinski definition) is 3. The molecule has 1 aromatic heterocycles. The topological polar surface area (TPSA) is 112 Å². The fraction of sp³-hybridized carbons (Fsp3) is 0.207. The van der Waals surface area contributed by atoms with Crippen molar-refractivity contribution in [1.82, 2.24) is 15.2 Å². The van der Waals surface area contributed by atoms with E-state index in [4.69, 9.17) is 4.74 Å². The van der Waals surface area contributed by atoms with Gasteiger partial charge in [-0.2, -0.15) is 0 Å². The Morgan fingerprint density at radius 1 is 0.973 bits per heavy atom. The molecule has 2 atom stereocenters. The molecule has 1 heterocycles. The van der Waals surface area contributed by atoms with Gasteiger partial charge in [-0.05, 0) is 35.4 Å². The van der Waals surface area contributed by atoms with Crippen LogP contribution in [0, 0.1) is 0 Å². The molecule has 8 heteroatoms. The van der Waals surface area contributed by atoms with Gasteiger partial charge in [0.25, 0.3) is 5.91 Å². The zero-order chi connectivity index (χ0) is 26.4. The molecule has 0 bridgehead atoms. The van der Waals surface area contributed by atoms with E-state index >= 15 is 0 Å². The number of methoxy groups -OCH3 is 1. The number of carbonyl (C=O) groups is 3. The van der Waals surface area contributed by atoms with Gasteiger partial charge in [-0.25, -0.2) is 4.79 Å². The highest BCUT2D eigenvalue weighted by atomic mass is 16.5. The van der Waals surface area contributed by atoms with Gasteiger partial charge >= 0.3 is 5.97 Å². The number of para-hydroxylation sites is 1. The van der Waals surface area contributed by atoms with E-state index in [1.807, 2.05) is 54.6 Å². The first-order valence-corrected chi connectivity index (χ1v) is 11.9. The summed E-state index contributed by atoms with van der Waals surface area (Å²) in [6, 6.07) is 21.5. The Labute approximate surface area is 214 Å². The standard InChI is InChI=1S/C29H29N3O5/c1-32(28(34)20-11-8-12-22(16-20)37-2)26(15-19-9-4-3-5-10-19)27(33)31-25(29(35)36)17-21-18-30-24-14-7-6-13-23(21)24/h3-14,16,18,25-26,30H,15,17H2,1-2H3,(H,31,33)(H,35,36)/t25-,26-/m0/s1. The summed E-state index contributed by atoms with van der Waals surface area (Å²) in [7, 11) is 3.06. The van der Waals surface area contributed by atoms with Gasteiger partial charge in [-0.1, -0.05) is 54.6 Å². The number of likely N-dealkylation sites (N-methyl/N-ethyl adjacent to an activating group) is 1. The SMILES string of the molecule is COc1cccc(C(=O)N(C)[C@@H](Cc2ccccc2)C(=O)N[C@@H](Cc2c[nH]c3ccccc23)C(=O)O)c1. The number of amides is 2. The molecule has 0 saturated carbocycles. The quantitative estimate of drug-likeness (QED) is 0.308. The predicted molar refractivity (Wildman–Crippen MR) is 141 cm³/mol. The van der Waals surface area contributed by atoms with Crippen molar-refractivity contribution in [2.75, 3.05) is 14.2 Å². The van der Waals surface area contributed by atoms with E-state index in [1.54, 1.807) is 37.5 Å². The number of benzene rings is 3. The Balaban J connectivity index is 1.59. The van der Waals surface area contributed by atoms with Crippen molar-refractivity contribution in [2.24, 2.45) is 0 Å². The number of carbonyl (C=O) groups excluding carboxylic acids is 2. The van der Waals surface area contributed by atoms with Gasteiger partial charge in [0.15, 0.2) is 0 Å². The molecule has 0 aliphatic heterocycles. The summed E-state index contributed by atoms with van der Waals surface area (Å²) in [5.41, 5.74) is 2.87. The van der Waals surface area contributed by atoms with E-state index in [9.17, 15) is 19.5 Å². The molecule has 0 aliphatic rings. The van der Waals surface area contributed by atoms with E-state index in [2.05, 4.69) is 10.3 Å². The van der Waals surface area contributed by atoms with Gasteiger partial charge < -0.3 is 25.0 Å². The molecule has 0 unspecified atom stereocenters. The summed E-state index contributed by atoms with van der Waals surface area (Å²) in [4.78, 5) is 43.5. The second-order valence-corrected chi connectivity index (χ2v) is 8.82. The van der Waals surface area contributed by atoms with Crippen LogP contribution in [0.15, 0.2) is 85.1 Å². The fourth-order valence-corrected chi connectivity index (χ4v) is 4.33. The van der Waals surface area contributed by atoms with Gasteiger partial charge in [-0.15, -0.1) is 0 Å². The van der Waals surface area contributed by atoms with Crippen LogP contribution >= 0.6 is 0 Å². The number of fused-ring (bicyclic) bond motifs is 1. The molecule has 0 aliphatic carbocycles. The molecule has 0 radical (unpaired) electrons. The first-order chi connectivity index (χ1) is 17.9. The molecule has 8 nitrogen and oxygen atoms in total. The Bertz CT molecular complexity index is 1400. The lowest BCUT2D eigenvalue weighted by Crippen LogP contribution is -2.53. The first-order valence-electron chi connectivity index (χ1n) is 11.9. The zero-order valence-electron chi connectivity index (χ0n) is 20.7. The number of nitrogens with one attached hydrogen (secondary N) is 2. The molecule has 0 spiro atoms. The second-order valence-electron chi connectivity index (χ2n) is 8.82. The Kier molecular flexibility index (Phi) is 7.88. The third kappa shape index (κ3) is 5.98. The van der Waals surface area contributed by atoms with Crippen molar-refractivity contribution in [2.45, 2.75) is 24.9 Å². The molecule has 4 rings (SSSR count). The summed E-state index contributed by atoms with van der Waals surface area (Å²) < 4.78 is 5.23. The summed E-state index contributed by atoms with van der Waals surface area (Å²) in [6.07, 6.45) is 2.07. The minimum Gasteiger partial charge on any atom is -0.497 e. The maximum atomic E-state index is 13.6. The molecule has 3 aromatic carbocycles. The highest BCUT2D eigenvalue weighted by molar-refractivity contribution is 5.98. The van der Waals surface area contributed by atoms with Crippen LogP contribution in [0.2, 0.25) is 0 Å². The second kappa shape index (κ2) is 11.4. The number of aliphatic carboxylic acids is 1. The summed E-state index contributed by atoms with van der Waals surface area (Å²) in [5.74, 6) is -1.56. The van der Waals surface area contributed by atoms with Crippen LogP contribution in [0.3, 0.4) is 0 Å². The number of rotatable bonds is 10. The average molecular weight is 500 g/mol. The smallest absolute Gasteiger partial charge is 0.326 e. The van der Waals surface area contributed by atoms with Crippen LogP contribution < -0.4 is 10.1 Å². The van der Waals surface area contributed by atoms with E-state index < -0.39 is 24.0 Å². The van der Waals surface area contributed by atoms with Crippen molar-refractivity contribution in [3.8, 4) is 5.75 Å². The molecule has 0 fully saturated rings. The maximum absolute atomic E-state index is 13.6. The Morgan fingerprint density at radius 2 is 1.70 bits per heavy atom. The normalized spacial score (nSPS) is 12.5. The molecule has 37 heavy (non-hydrogen) atoms. The Hall–Kier alpha value is -4.59. The molecule has 190 valence electrons. The van der Waals surface area contributed by atoms with Crippen LogP contribution in [-0.4, -0.2) is 59.0 Å². The predicted octanol–water partition coefficient (Wildman–Crippen LogP) is 3.67. The monoisotopic (exact) mass is 499 g/mol. The largest absolute Gasteiger partial charge is 0.497 e. The Morgan fingerprint density at radius 3 is 2.43 bits per heavy atom. The number of carboxylic acids is 1. The van der Waals surface area contributed by atoms with Gasteiger partial charge in [0.1, 0.15) is 17.8 Å². The lowest BCUT2D eigenvalue weighted by Gasteiger charge is -2.29. The van der Waals surface area contributed by atoms with Gasteiger partial charge in [0.2, 0.25) is 5.91 Å². The first kappa shape index (κ1) is 25.5. The van der Waals surface area contributed by atoms with E-state index in [0.29, 0.717) is 11.3 Å². The maximum Gasteiger partial charge on any atom is 0.326 e. The fourth-order valence-electron chi connectivity index (χ4n) is 4.33. The summed E-state index contributed by atoms with van der Waals surface area (Å²) in [6.45, 7) is 0. The number of aromatic nitrogens is 1. The number of aromatic amines is 1. The van der Waals surface area contributed by atoms with E-state index in [1.165, 1.54) is 12.0 Å². The van der Waals surface area contributed by atoms with E-state index in [0.717, 1.165) is 22.0 Å². The highest BCUT2D eigenvalue weighted by Crippen LogP contribution is 2.20. The molecular weight excluding hydrogens is 470 g/mol. The number of hydrogen-bond acceptors (Lipinski definition) is 4. The van der Waals surface area contributed by atoms with Crippen LogP contribution in [0.1, 0.15) is 21.5 Å². The van der Waals surface area contributed by atoms with Crippen molar-refractivity contribution < 1.29 is 24.2 Å². The molecule has 0 saturated heterocycles. The van der Waals surface area contributed by atoms with Gasteiger partial charge in [0.05, 0.1) is 7.11 Å². The van der Waals surface area contributed by atoms with Crippen LogP contribution in [0.5, 0.6) is 5.75 Å².